The molecule has 2 nitrogen and oxygen atoms in total. The lowest BCUT2D eigenvalue weighted by atomic mass is 10.2. The lowest BCUT2D eigenvalue weighted by Gasteiger charge is -2.25. The molecule has 0 unspecified atom stereocenters. The van der Waals surface area contributed by atoms with Gasteiger partial charge in [-0.15, -0.1) is 0 Å². The molecule has 0 aliphatic rings. The summed E-state index contributed by atoms with van der Waals surface area (Å²) in [6.07, 6.45) is 1.72. The number of halogens is 10. The van der Waals surface area contributed by atoms with Gasteiger partial charge in [-0.3, -0.25) is 0 Å². The molecule has 0 heterocycles. The average Bonchev–Trinajstić information content (AvgIpc) is 2.80. The van der Waals surface area contributed by atoms with Crippen molar-refractivity contribution in [3.63, 3.8) is 0 Å². The Kier molecular flexibility index (Phi) is 9.81. The van der Waals surface area contributed by atoms with Crippen LogP contribution in [0, 0.1) is 58.2 Å². The van der Waals surface area contributed by atoms with Gasteiger partial charge in [0.2, 0.25) is 28.3 Å². The van der Waals surface area contributed by atoms with Crippen LogP contribution in [-0.4, -0.2) is 29.8 Å². The molecule has 2 aromatic rings. The molecule has 0 atom stereocenters. The minimum Gasteiger partial charge on any atom is -0.413 e. The van der Waals surface area contributed by atoms with Crippen LogP contribution in [0.25, 0.3) is 0 Å². The van der Waals surface area contributed by atoms with Crippen molar-refractivity contribution in [2.24, 2.45) is 0 Å². The van der Waals surface area contributed by atoms with E-state index in [1.165, 1.54) is 26.2 Å². The second kappa shape index (κ2) is 11.6. The Morgan fingerprint density at radius 2 is 0.611 bits per heavy atom. The smallest absolute Gasteiger partial charge is 0.224 e. The van der Waals surface area contributed by atoms with Crippen molar-refractivity contribution in [2.75, 3.05) is 13.2 Å². The first-order valence-corrected chi connectivity index (χ1v) is 16.7. The largest absolute Gasteiger partial charge is 0.413 e. The van der Waals surface area contributed by atoms with Crippen LogP contribution in [0.15, 0.2) is 0 Å². The predicted molar refractivity (Wildman–Crippen MR) is 117 cm³/mol. The Morgan fingerprint density at radius 3 is 0.861 bits per heavy atom. The van der Waals surface area contributed by atoms with Crippen LogP contribution in [0.1, 0.15) is 25.7 Å². The molecule has 14 heteroatoms. The molecule has 202 valence electrons. The number of unbranched alkanes of at least 4 members (excludes halogenated alkanes) is 3. The maximum Gasteiger partial charge on any atom is 0.224 e. The van der Waals surface area contributed by atoms with Gasteiger partial charge in [-0.25, -0.2) is 43.9 Å². The lowest BCUT2D eigenvalue weighted by Crippen LogP contribution is -2.50. The highest BCUT2D eigenvalue weighted by Gasteiger charge is 2.39. The van der Waals surface area contributed by atoms with E-state index in [0.717, 1.165) is 0 Å². The van der Waals surface area contributed by atoms with E-state index >= 15 is 0 Å². The second-order valence-corrected chi connectivity index (χ2v) is 16.6. The fourth-order valence-electron chi connectivity index (χ4n) is 3.62. The molecule has 0 saturated carbocycles. The Labute approximate surface area is 203 Å². The van der Waals surface area contributed by atoms with Crippen molar-refractivity contribution in [3.05, 3.63) is 58.2 Å². The summed E-state index contributed by atoms with van der Waals surface area (Å²) in [6, 6.07) is 0. The molecule has 0 amide bonds. The van der Waals surface area contributed by atoms with Gasteiger partial charge in [-0.2, -0.15) is 0 Å². The van der Waals surface area contributed by atoms with E-state index in [2.05, 4.69) is 0 Å². The van der Waals surface area contributed by atoms with Crippen molar-refractivity contribution >= 4 is 27.0 Å². The maximum absolute atomic E-state index is 14.1. The molecule has 0 radical (unpaired) electrons. The normalized spacial score (nSPS) is 12.5. The predicted octanol–water partition coefficient (Wildman–Crippen LogP) is 6.20. The summed E-state index contributed by atoms with van der Waals surface area (Å²) in [4.78, 5) is 0. The van der Waals surface area contributed by atoms with Gasteiger partial charge >= 0.3 is 0 Å². The molecule has 0 N–H and O–H groups in total. The highest BCUT2D eigenvalue weighted by Crippen LogP contribution is 2.22. The summed E-state index contributed by atoms with van der Waals surface area (Å²) in [7, 11) is -6.98. The van der Waals surface area contributed by atoms with E-state index < -0.39 is 85.2 Å². The van der Waals surface area contributed by atoms with Crippen molar-refractivity contribution < 1.29 is 52.8 Å². The lowest BCUT2D eigenvalue weighted by molar-refractivity contribution is 0.282. The first-order valence-electron chi connectivity index (χ1n) is 10.9. The third-order valence-corrected chi connectivity index (χ3v) is 10.7. The molecule has 0 aliphatic heterocycles. The van der Waals surface area contributed by atoms with E-state index in [1.807, 2.05) is 0 Å². The summed E-state index contributed by atoms with van der Waals surface area (Å²) in [6.45, 7) is 5.14. The molecule has 0 aromatic heterocycles. The van der Waals surface area contributed by atoms with E-state index in [9.17, 15) is 43.9 Å². The molecule has 2 rings (SSSR count). The zero-order valence-corrected chi connectivity index (χ0v) is 21.8. The van der Waals surface area contributed by atoms with Gasteiger partial charge < -0.3 is 8.85 Å². The zero-order valence-electron chi connectivity index (χ0n) is 19.8. The number of benzene rings is 2. The van der Waals surface area contributed by atoms with Crippen LogP contribution in [0.5, 0.6) is 0 Å². The van der Waals surface area contributed by atoms with Gasteiger partial charge in [0.1, 0.15) is 0 Å². The van der Waals surface area contributed by atoms with E-state index in [0.29, 0.717) is 25.7 Å². The molecule has 0 saturated heterocycles. The fraction of sp³-hybridized carbons (Fsp3) is 0.455. The van der Waals surface area contributed by atoms with Crippen LogP contribution in [0.2, 0.25) is 26.2 Å². The molecular weight excluding hydrogens is 542 g/mol. The molecule has 36 heavy (non-hydrogen) atoms. The van der Waals surface area contributed by atoms with Gasteiger partial charge in [-0.1, -0.05) is 12.8 Å². The summed E-state index contributed by atoms with van der Waals surface area (Å²) in [5, 5.41) is -1.90. The van der Waals surface area contributed by atoms with Crippen LogP contribution < -0.4 is 10.4 Å². The highest BCUT2D eigenvalue weighted by molar-refractivity contribution is 6.85. The summed E-state index contributed by atoms with van der Waals surface area (Å²) in [5.74, 6) is -20.3. The first-order chi connectivity index (χ1) is 16.6. The van der Waals surface area contributed by atoms with Crippen molar-refractivity contribution in [1.29, 1.82) is 0 Å². The Bertz CT molecular complexity index is 979. The monoisotopic (exact) mass is 566 g/mol. The first kappa shape index (κ1) is 30.3. The Balaban J connectivity index is 1.86. The number of hydrogen-bond acceptors (Lipinski definition) is 2. The van der Waals surface area contributed by atoms with Gasteiger partial charge in [0.15, 0.2) is 46.5 Å². The van der Waals surface area contributed by atoms with Gasteiger partial charge in [-0.05, 0) is 39.0 Å². The van der Waals surface area contributed by atoms with Gasteiger partial charge in [0.25, 0.3) is 0 Å². The van der Waals surface area contributed by atoms with Crippen LogP contribution in [0.4, 0.5) is 43.9 Å². The molecule has 0 aliphatic carbocycles. The minimum absolute atomic E-state index is 0.0234. The van der Waals surface area contributed by atoms with E-state index in [4.69, 9.17) is 8.85 Å². The van der Waals surface area contributed by atoms with Gasteiger partial charge in [0, 0.05) is 23.6 Å². The minimum atomic E-state index is -3.49. The van der Waals surface area contributed by atoms with Gasteiger partial charge in [0.05, 0.1) is 0 Å². The molecule has 0 bridgehead atoms. The molecule has 0 fully saturated rings. The number of rotatable bonds is 11. The fourth-order valence-corrected chi connectivity index (χ4v) is 7.77. The zero-order chi connectivity index (χ0) is 27.6. The average molecular weight is 567 g/mol. The molecule has 0 spiro atoms. The van der Waals surface area contributed by atoms with E-state index in [-0.39, 0.29) is 13.2 Å². The van der Waals surface area contributed by atoms with Crippen molar-refractivity contribution in [1.82, 2.24) is 0 Å². The van der Waals surface area contributed by atoms with Crippen LogP contribution >= 0.6 is 0 Å². The van der Waals surface area contributed by atoms with Crippen LogP contribution in [0.3, 0.4) is 0 Å². The number of hydrogen-bond donors (Lipinski definition) is 0. The third-order valence-electron chi connectivity index (χ3n) is 5.59. The van der Waals surface area contributed by atoms with Crippen molar-refractivity contribution in [2.45, 2.75) is 51.9 Å². The highest BCUT2D eigenvalue weighted by atomic mass is 28.4. The SMILES string of the molecule is C[Si](C)(OCCCCCCO[Si](C)(C)c1c(F)c(F)c(F)c(F)c1F)c1c(F)c(F)c(F)c(F)c1F. The second-order valence-electron chi connectivity index (χ2n) is 9.02. The summed E-state index contributed by atoms with van der Waals surface area (Å²) < 4.78 is 148. The summed E-state index contributed by atoms with van der Waals surface area (Å²) in [5.41, 5.74) is 0. The third kappa shape index (κ3) is 6.14. The van der Waals surface area contributed by atoms with Crippen LogP contribution in [-0.2, 0) is 8.85 Å². The summed E-state index contributed by atoms with van der Waals surface area (Å²) >= 11 is 0. The van der Waals surface area contributed by atoms with Crippen molar-refractivity contribution in [3.8, 4) is 0 Å². The molecular formula is C22H24F10O2Si2. The van der Waals surface area contributed by atoms with E-state index in [1.54, 1.807) is 0 Å². The quantitative estimate of drug-likeness (QED) is 0.106. The Hall–Kier alpha value is -1.91. The maximum atomic E-state index is 14.1. The standard InChI is InChI=1S/C22H24F10O2Si2/c1-35(2,21-17(29)13(25)11(23)14(26)18(21)30)33-9-7-5-6-8-10-34-36(3,4)22-19(31)15(27)12(24)16(28)20(22)32/h5-10H2,1-4H3. The topological polar surface area (TPSA) is 18.5 Å². The molecule has 2 aromatic carbocycles. The Morgan fingerprint density at radius 1 is 0.389 bits per heavy atom.